The molecule has 0 heterocycles. The number of nitrogens with zero attached hydrogens (tertiary/aromatic N) is 2. The number of rotatable bonds is 39. The Balaban J connectivity index is 4.98. The van der Waals surface area contributed by atoms with Crippen LogP contribution in [0.4, 0.5) is 0 Å². The predicted octanol–water partition coefficient (Wildman–Crippen LogP) is 13.1. The van der Waals surface area contributed by atoms with Gasteiger partial charge in [0.05, 0.1) is 6.54 Å². The van der Waals surface area contributed by atoms with Crippen molar-refractivity contribution in [1.82, 2.24) is 9.80 Å². The topological polar surface area (TPSA) is 60.9 Å². The summed E-state index contributed by atoms with van der Waals surface area (Å²) in [4.78, 5) is 18.1. The van der Waals surface area contributed by atoms with Gasteiger partial charge >= 0.3 is 7.80 Å². The summed E-state index contributed by atoms with van der Waals surface area (Å²) < 4.78 is 12.7. The van der Waals surface area contributed by atoms with Crippen LogP contribution in [-0.4, -0.2) is 73.0 Å². The molecule has 0 bridgehead atoms. The van der Waals surface area contributed by atoms with Gasteiger partial charge in [0, 0.05) is 19.0 Å². The van der Waals surface area contributed by atoms with E-state index in [2.05, 4.69) is 32.9 Å². The lowest BCUT2D eigenvalue weighted by atomic mass is 9.92. The molecule has 6 heteroatoms. The zero-order valence-electron chi connectivity index (χ0n) is 34.5. The molecule has 0 saturated carbocycles. The summed E-state index contributed by atoms with van der Waals surface area (Å²) in [6, 6.07) is 0. The highest BCUT2D eigenvalue weighted by Gasteiger charge is 2.28. The third-order valence-corrected chi connectivity index (χ3v) is 11.8. The van der Waals surface area contributed by atoms with Crippen LogP contribution >= 0.6 is 7.80 Å². The van der Waals surface area contributed by atoms with E-state index in [0.29, 0.717) is 19.3 Å². The van der Waals surface area contributed by atoms with E-state index in [1.807, 2.05) is 23.9 Å². The van der Waals surface area contributed by atoms with Gasteiger partial charge in [-0.15, -0.1) is 0 Å². The van der Waals surface area contributed by atoms with E-state index < -0.39 is 13.9 Å². The molecule has 5 nitrogen and oxygen atoms in total. The molecule has 0 aromatic heterocycles. The first-order valence-corrected chi connectivity index (χ1v) is 23.7. The van der Waals surface area contributed by atoms with Crippen LogP contribution in [0.15, 0.2) is 12.2 Å². The lowest BCUT2D eigenvalue weighted by Crippen LogP contribution is -2.42. The lowest BCUT2D eigenvalue weighted by Gasteiger charge is -2.28. The number of aliphatic hydroxyl groups is 1. The van der Waals surface area contributed by atoms with Crippen molar-refractivity contribution < 1.29 is 14.5 Å². The number of hydrogen-bond donors (Lipinski definition) is 1. The summed E-state index contributed by atoms with van der Waals surface area (Å²) in [5.74, 6) is 0.259. The standard InChI is InChI=1S/C44H88N2O3P/c1-6-9-12-15-17-19-21-23-25-27-29-31-34-37-46(40-43(47)41-50(49)39-38-45(4)5)44(48)42(35-32-14-11-8-3)36-33-30-28-26-24-22-20-18-16-13-10-7-2/h29,31,42-43,47H,6-28,30,32-41H2,1-5H3/q+1. The molecule has 0 aromatic carbocycles. The largest absolute Gasteiger partial charge is 0.387 e. The maximum Gasteiger partial charge on any atom is 0.342 e. The van der Waals surface area contributed by atoms with Crippen LogP contribution < -0.4 is 0 Å². The zero-order valence-corrected chi connectivity index (χ0v) is 35.4. The van der Waals surface area contributed by atoms with Gasteiger partial charge in [-0.05, 0) is 46.2 Å². The SMILES string of the molecule is CCCCCCCCCCCC=CCCN(CC(O)C[P+](=O)CCN(C)C)C(=O)C(CCCCCC)CCCCCCCCCCCCCC. The van der Waals surface area contributed by atoms with Gasteiger partial charge in [0.25, 0.3) is 0 Å². The van der Waals surface area contributed by atoms with E-state index in [1.54, 1.807) is 0 Å². The molecule has 296 valence electrons. The number of hydrogen-bond acceptors (Lipinski definition) is 4. The molecule has 3 atom stereocenters. The lowest BCUT2D eigenvalue weighted by molar-refractivity contribution is -0.137. The Morgan fingerprint density at radius 2 is 0.980 bits per heavy atom. The molecule has 0 aromatic rings. The first kappa shape index (κ1) is 49.2. The fourth-order valence-corrected chi connectivity index (χ4v) is 8.37. The highest BCUT2D eigenvalue weighted by Crippen LogP contribution is 2.25. The third kappa shape index (κ3) is 33.1. The number of aliphatic hydroxyl groups excluding tert-OH is 1. The van der Waals surface area contributed by atoms with Crippen LogP contribution in [-0.2, 0) is 9.36 Å². The second kappa shape index (κ2) is 38.0. The van der Waals surface area contributed by atoms with Gasteiger partial charge in [-0.1, -0.05) is 192 Å². The van der Waals surface area contributed by atoms with Gasteiger partial charge < -0.3 is 14.9 Å². The van der Waals surface area contributed by atoms with Crippen molar-refractivity contribution in [2.45, 2.75) is 213 Å². The number of amides is 1. The normalized spacial score (nSPS) is 13.4. The Hall–Kier alpha value is -0.770. The second-order valence-corrected chi connectivity index (χ2v) is 17.5. The van der Waals surface area contributed by atoms with E-state index in [0.717, 1.165) is 45.1 Å². The molecule has 0 aliphatic carbocycles. The molecular weight excluding hydrogens is 635 g/mol. The highest BCUT2D eigenvalue weighted by atomic mass is 31.1. The Morgan fingerprint density at radius 3 is 1.44 bits per heavy atom. The van der Waals surface area contributed by atoms with Crippen LogP contribution in [0.2, 0.25) is 0 Å². The van der Waals surface area contributed by atoms with Gasteiger partial charge in [0.2, 0.25) is 5.91 Å². The molecule has 0 rings (SSSR count). The molecular formula is C44H88N2O3P+. The first-order chi connectivity index (χ1) is 24.3. The average Bonchev–Trinajstić information content (AvgIpc) is 3.09. The maximum absolute atomic E-state index is 14.1. The summed E-state index contributed by atoms with van der Waals surface area (Å²) in [6.45, 7) is 8.50. The minimum absolute atomic E-state index is 0.0376. The number of allylic oxidation sites excluding steroid dienone is 1. The molecule has 50 heavy (non-hydrogen) atoms. The van der Waals surface area contributed by atoms with Crippen LogP contribution in [0, 0.1) is 5.92 Å². The third-order valence-electron chi connectivity index (χ3n) is 10.3. The molecule has 0 aliphatic heterocycles. The maximum atomic E-state index is 14.1. The van der Waals surface area contributed by atoms with Crippen molar-refractivity contribution in [3.8, 4) is 0 Å². The second-order valence-electron chi connectivity index (χ2n) is 15.7. The summed E-state index contributed by atoms with van der Waals surface area (Å²) in [5, 5.41) is 11.0. The number of unbranched alkanes of at least 4 members (excludes halogenated alkanes) is 23. The number of carbonyl (C=O) groups excluding carboxylic acids is 1. The van der Waals surface area contributed by atoms with Gasteiger partial charge in [-0.2, -0.15) is 0 Å². The van der Waals surface area contributed by atoms with Crippen LogP contribution in [0.3, 0.4) is 0 Å². The Labute approximate surface area is 314 Å². The molecule has 0 saturated heterocycles. The smallest absolute Gasteiger partial charge is 0.342 e. The monoisotopic (exact) mass is 724 g/mol. The molecule has 0 aliphatic rings. The van der Waals surface area contributed by atoms with Crippen LogP contribution in [0.25, 0.3) is 0 Å². The van der Waals surface area contributed by atoms with E-state index >= 15 is 0 Å². The van der Waals surface area contributed by atoms with E-state index in [1.165, 1.54) is 148 Å². The van der Waals surface area contributed by atoms with Crippen molar-refractivity contribution in [2.24, 2.45) is 5.92 Å². The summed E-state index contributed by atoms with van der Waals surface area (Å²) in [6.07, 6.45) is 41.3. The van der Waals surface area contributed by atoms with E-state index in [4.69, 9.17) is 0 Å². The minimum Gasteiger partial charge on any atom is -0.387 e. The van der Waals surface area contributed by atoms with Crippen LogP contribution in [0.1, 0.15) is 207 Å². The van der Waals surface area contributed by atoms with Gasteiger partial charge in [0.1, 0.15) is 6.10 Å². The fraction of sp³-hybridized carbons (Fsp3) is 0.932. The van der Waals surface area contributed by atoms with Crippen molar-refractivity contribution in [3.63, 3.8) is 0 Å². The van der Waals surface area contributed by atoms with Crippen molar-refractivity contribution in [2.75, 3.05) is 46.1 Å². The van der Waals surface area contributed by atoms with Gasteiger partial charge in [-0.25, -0.2) is 0 Å². The molecule has 3 unspecified atom stereocenters. The molecule has 0 spiro atoms. The van der Waals surface area contributed by atoms with Gasteiger partial charge in [0.15, 0.2) is 12.3 Å². The summed E-state index contributed by atoms with van der Waals surface area (Å²) in [7, 11) is 2.49. The zero-order chi connectivity index (χ0) is 36.9. The molecule has 0 radical (unpaired) electrons. The van der Waals surface area contributed by atoms with Crippen molar-refractivity contribution in [3.05, 3.63) is 12.2 Å². The van der Waals surface area contributed by atoms with Crippen molar-refractivity contribution >= 4 is 13.7 Å². The Morgan fingerprint density at radius 1 is 0.580 bits per heavy atom. The molecule has 1 amide bonds. The highest BCUT2D eigenvalue weighted by molar-refractivity contribution is 7.44. The first-order valence-electron chi connectivity index (χ1n) is 22.0. The summed E-state index contributed by atoms with van der Waals surface area (Å²) in [5.41, 5.74) is 0. The Bertz CT molecular complexity index is 774. The molecule has 0 fully saturated rings. The van der Waals surface area contributed by atoms with Crippen LogP contribution in [0.5, 0.6) is 0 Å². The molecule has 1 N–H and O–H groups in total. The van der Waals surface area contributed by atoms with E-state index in [-0.39, 0.29) is 18.0 Å². The van der Waals surface area contributed by atoms with Gasteiger partial charge in [-0.3, -0.25) is 4.79 Å². The van der Waals surface area contributed by atoms with Crippen molar-refractivity contribution in [1.29, 1.82) is 0 Å². The number of carbonyl (C=O) groups is 1. The summed E-state index contributed by atoms with van der Waals surface area (Å²) >= 11 is 0. The minimum atomic E-state index is -1.48. The quantitative estimate of drug-likeness (QED) is 0.0390. The fourth-order valence-electron chi connectivity index (χ4n) is 6.98. The average molecular weight is 724 g/mol. The van der Waals surface area contributed by atoms with E-state index in [9.17, 15) is 14.5 Å². The Kier molecular flexibility index (Phi) is 37.4. The predicted molar refractivity (Wildman–Crippen MR) is 222 cm³/mol.